The Morgan fingerprint density at radius 1 is 1.36 bits per heavy atom. The van der Waals surface area contributed by atoms with Gasteiger partial charge in [0.2, 0.25) is 0 Å². The van der Waals surface area contributed by atoms with Crippen molar-refractivity contribution in [1.82, 2.24) is 10.4 Å². The molecule has 1 fully saturated rings. The molecule has 0 bridgehead atoms. The topological polar surface area (TPSA) is 15.3 Å². The fourth-order valence-electron chi connectivity index (χ4n) is 1.73. The van der Waals surface area contributed by atoms with Gasteiger partial charge in [-0.2, -0.15) is 0 Å². The van der Waals surface area contributed by atoms with Crippen LogP contribution < -0.4 is 5.43 Å². The van der Waals surface area contributed by atoms with E-state index in [0.29, 0.717) is 0 Å². The largest absolute Gasteiger partial charge is 0.255 e. The zero-order valence-corrected chi connectivity index (χ0v) is 8.93. The lowest BCUT2D eigenvalue weighted by atomic mass is 10.2. The van der Waals surface area contributed by atoms with Crippen LogP contribution >= 0.6 is 11.6 Å². The fraction of sp³-hybridized carbons (Fsp3) is 0.455. The first-order valence-electron chi connectivity index (χ1n) is 5.07. The van der Waals surface area contributed by atoms with Gasteiger partial charge in [-0.05, 0) is 30.5 Å². The second-order valence-electron chi connectivity index (χ2n) is 3.67. The van der Waals surface area contributed by atoms with Crippen molar-refractivity contribution in [3.8, 4) is 0 Å². The van der Waals surface area contributed by atoms with Crippen LogP contribution in [0.1, 0.15) is 18.4 Å². The van der Waals surface area contributed by atoms with Crippen LogP contribution in [0, 0.1) is 0 Å². The number of hydrogen-bond donors (Lipinski definition) is 1. The molecule has 0 spiro atoms. The molecular weight excluding hydrogens is 196 g/mol. The molecule has 1 aromatic rings. The monoisotopic (exact) mass is 210 g/mol. The SMILES string of the molecule is Clc1cccc(CN2CCCCN2)c1. The highest BCUT2D eigenvalue weighted by Gasteiger charge is 2.09. The number of hydrazine groups is 1. The zero-order chi connectivity index (χ0) is 9.80. The molecule has 1 aliphatic rings. The highest BCUT2D eigenvalue weighted by atomic mass is 35.5. The summed E-state index contributed by atoms with van der Waals surface area (Å²) in [6.45, 7) is 3.17. The van der Waals surface area contributed by atoms with Gasteiger partial charge in [0.05, 0.1) is 0 Å². The first-order valence-corrected chi connectivity index (χ1v) is 5.45. The van der Waals surface area contributed by atoms with Gasteiger partial charge in [-0.25, -0.2) is 5.01 Å². The molecule has 1 N–H and O–H groups in total. The standard InChI is InChI=1S/C11H15ClN2/c12-11-5-3-4-10(8-11)9-14-7-2-1-6-13-14/h3-5,8,13H,1-2,6-7,9H2. The van der Waals surface area contributed by atoms with E-state index in [1.54, 1.807) is 0 Å². The van der Waals surface area contributed by atoms with Crippen LogP contribution in [-0.4, -0.2) is 18.1 Å². The summed E-state index contributed by atoms with van der Waals surface area (Å²) in [5.74, 6) is 0. The quantitative estimate of drug-likeness (QED) is 0.807. The molecule has 76 valence electrons. The van der Waals surface area contributed by atoms with Crippen molar-refractivity contribution in [3.05, 3.63) is 34.9 Å². The van der Waals surface area contributed by atoms with E-state index in [1.807, 2.05) is 18.2 Å². The van der Waals surface area contributed by atoms with Gasteiger partial charge in [0, 0.05) is 24.7 Å². The first kappa shape index (κ1) is 9.97. The molecule has 0 atom stereocenters. The highest BCUT2D eigenvalue weighted by Crippen LogP contribution is 2.13. The minimum Gasteiger partial charge on any atom is -0.255 e. The predicted molar refractivity (Wildman–Crippen MR) is 59.1 cm³/mol. The van der Waals surface area contributed by atoms with Gasteiger partial charge in [0.25, 0.3) is 0 Å². The van der Waals surface area contributed by atoms with Crippen molar-refractivity contribution in [2.24, 2.45) is 0 Å². The van der Waals surface area contributed by atoms with Crippen molar-refractivity contribution in [3.63, 3.8) is 0 Å². The van der Waals surface area contributed by atoms with E-state index in [2.05, 4.69) is 16.5 Å². The van der Waals surface area contributed by atoms with Crippen LogP contribution in [0.4, 0.5) is 0 Å². The molecule has 1 aliphatic heterocycles. The third kappa shape index (κ3) is 2.71. The molecule has 0 amide bonds. The third-order valence-corrected chi connectivity index (χ3v) is 2.69. The van der Waals surface area contributed by atoms with E-state index in [4.69, 9.17) is 11.6 Å². The van der Waals surface area contributed by atoms with Gasteiger partial charge in [-0.15, -0.1) is 0 Å². The van der Waals surface area contributed by atoms with E-state index in [-0.39, 0.29) is 0 Å². The summed E-state index contributed by atoms with van der Waals surface area (Å²) in [6.07, 6.45) is 2.57. The van der Waals surface area contributed by atoms with Crippen LogP contribution in [0.2, 0.25) is 5.02 Å². The van der Waals surface area contributed by atoms with Crippen LogP contribution in [0.3, 0.4) is 0 Å². The van der Waals surface area contributed by atoms with Gasteiger partial charge in [0.1, 0.15) is 0 Å². The molecule has 0 saturated carbocycles. The fourth-order valence-corrected chi connectivity index (χ4v) is 1.95. The molecule has 0 aliphatic carbocycles. The van der Waals surface area contributed by atoms with Gasteiger partial charge in [0.15, 0.2) is 0 Å². The van der Waals surface area contributed by atoms with Crippen molar-refractivity contribution in [2.45, 2.75) is 19.4 Å². The summed E-state index contributed by atoms with van der Waals surface area (Å²) in [5, 5.41) is 3.08. The molecule has 2 nitrogen and oxygen atoms in total. The first-order chi connectivity index (χ1) is 6.84. The Morgan fingerprint density at radius 3 is 3.00 bits per heavy atom. The van der Waals surface area contributed by atoms with Crippen LogP contribution in [0.25, 0.3) is 0 Å². The van der Waals surface area contributed by atoms with Crippen molar-refractivity contribution < 1.29 is 0 Å². The zero-order valence-electron chi connectivity index (χ0n) is 8.17. The summed E-state index contributed by atoms with van der Waals surface area (Å²) < 4.78 is 0. The molecule has 1 saturated heterocycles. The van der Waals surface area contributed by atoms with Gasteiger partial charge in [-0.1, -0.05) is 23.7 Å². The second-order valence-corrected chi connectivity index (χ2v) is 4.10. The average molecular weight is 211 g/mol. The lowest BCUT2D eigenvalue weighted by molar-refractivity contribution is 0.144. The Hall–Kier alpha value is -0.570. The van der Waals surface area contributed by atoms with Crippen LogP contribution in [0.15, 0.2) is 24.3 Å². The highest BCUT2D eigenvalue weighted by molar-refractivity contribution is 6.30. The maximum atomic E-state index is 5.92. The molecule has 1 heterocycles. The summed E-state index contributed by atoms with van der Waals surface area (Å²) >= 11 is 5.92. The van der Waals surface area contributed by atoms with Crippen LogP contribution in [-0.2, 0) is 6.54 Å². The third-order valence-electron chi connectivity index (χ3n) is 2.45. The lowest BCUT2D eigenvalue weighted by Gasteiger charge is -2.27. The van der Waals surface area contributed by atoms with Crippen molar-refractivity contribution in [2.75, 3.05) is 13.1 Å². The lowest BCUT2D eigenvalue weighted by Crippen LogP contribution is -2.42. The Balaban J connectivity index is 1.95. The number of nitrogens with one attached hydrogen (secondary N) is 1. The second kappa shape index (κ2) is 4.78. The van der Waals surface area contributed by atoms with Gasteiger partial charge >= 0.3 is 0 Å². The predicted octanol–water partition coefficient (Wildman–Crippen LogP) is 2.44. The minimum absolute atomic E-state index is 0.819. The normalized spacial score (nSPS) is 18.4. The van der Waals surface area contributed by atoms with Gasteiger partial charge < -0.3 is 0 Å². The summed E-state index contributed by atoms with van der Waals surface area (Å²) in [7, 11) is 0. The van der Waals surface area contributed by atoms with E-state index in [0.717, 1.165) is 24.7 Å². The van der Waals surface area contributed by atoms with Gasteiger partial charge in [-0.3, -0.25) is 5.43 Å². The maximum absolute atomic E-state index is 5.92. The molecule has 0 unspecified atom stereocenters. The summed E-state index contributed by atoms with van der Waals surface area (Å²) in [4.78, 5) is 0. The average Bonchev–Trinajstić information content (AvgIpc) is 2.19. The Kier molecular flexibility index (Phi) is 3.40. The summed E-state index contributed by atoms with van der Waals surface area (Å²) in [5.41, 5.74) is 4.65. The van der Waals surface area contributed by atoms with Crippen molar-refractivity contribution >= 4 is 11.6 Å². The minimum atomic E-state index is 0.819. The molecule has 1 aromatic carbocycles. The Morgan fingerprint density at radius 2 is 2.29 bits per heavy atom. The molecule has 0 aromatic heterocycles. The Labute approximate surface area is 89.8 Å². The summed E-state index contributed by atoms with van der Waals surface area (Å²) in [6, 6.07) is 8.05. The smallest absolute Gasteiger partial charge is 0.0409 e. The van der Waals surface area contributed by atoms with E-state index < -0.39 is 0 Å². The van der Waals surface area contributed by atoms with E-state index in [9.17, 15) is 0 Å². The Bertz CT molecular complexity index is 295. The molecule has 3 heteroatoms. The molecule has 2 rings (SSSR count). The number of nitrogens with zero attached hydrogens (tertiary/aromatic N) is 1. The number of hydrogen-bond acceptors (Lipinski definition) is 2. The van der Waals surface area contributed by atoms with E-state index >= 15 is 0 Å². The van der Waals surface area contributed by atoms with Crippen LogP contribution in [0.5, 0.6) is 0 Å². The number of halogens is 1. The van der Waals surface area contributed by atoms with Crippen molar-refractivity contribution in [1.29, 1.82) is 0 Å². The number of benzene rings is 1. The number of rotatable bonds is 2. The molecule has 14 heavy (non-hydrogen) atoms. The molecule has 0 radical (unpaired) electrons. The maximum Gasteiger partial charge on any atom is 0.0409 e. The molecular formula is C11H15ClN2. The van der Waals surface area contributed by atoms with E-state index in [1.165, 1.54) is 18.4 Å².